The van der Waals surface area contributed by atoms with E-state index in [0.29, 0.717) is 27.9 Å². The molecule has 5 heteroatoms. The third-order valence-corrected chi connectivity index (χ3v) is 3.87. The van der Waals surface area contributed by atoms with Crippen molar-refractivity contribution in [2.24, 2.45) is 0 Å². The second kappa shape index (κ2) is 5.80. The third kappa shape index (κ3) is 2.89. The number of fused-ring (bicyclic) bond motifs is 1. The molecule has 1 aromatic heterocycles. The minimum absolute atomic E-state index is 0.349. The van der Waals surface area contributed by atoms with Crippen LogP contribution in [-0.4, -0.2) is 0 Å². The number of anilines is 1. The maximum absolute atomic E-state index is 11.9. The van der Waals surface area contributed by atoms with Gasteiger partial charge in [0.1, 0.15) is 11.3 Å². The largest absolute Gasteiger partial charge is 0.421 e. The molecule has 0 saturated heterocycles. The Bertz CT molecular complexity index is 838. The van der Waals surface area contributed by atoms with E-state index in [1.165, 1.54) is 0 Å². The Morgan fingerprint density at radius 3 is 2.48 bits per heavy atom. The van der Waals surface area contributed by atoms with Crippen LogP contribution in [0.1, 0.15) is 5.56 Å². The van der Waals surface area contributed by atoms with E-state index in [9.17, 15) is 4.79 Å². The van der Waals surface area contributed by atoms with Gasteiger partial charge >= 0.3 is 5.63 Å². The van der Waals surface area contributed by atoms with Crippen LogP contribution in [0.3, 0.4) is 0 Å². The molecule has 1 heterocycles. The summed E-state index contributed by atoms with van der Waals surface area (Å²) in [6, 6.07) is 14.4. The summed E-state index contributed by atoms with van der Waals surface area (Å²) in [7, 11) is 0. The average Bonchev–Trinajstić information content (AvgIpc) is 2.47. The van der Waals surface area contributed by atoms with Gasteiger partial charge in [0, 0.05) is 27.5 Å². The molecule has 1 N–H and O–H groups in total. The topological polar surface area (TPSA) is 42.2 Å². The van der Waals surface area contributed by atoms with Crippen molar-refractivity contribution >= 4 is 39.9 Å². The number of hydrogen-bond acceptors (Lipinski definition) is 3. The van der Waals surface area contributed by atoms with Gasteiger partial charge in [0.15, 0.2) is 0 Å². The SMILES string of the molecule is O=c1oc2ccccc2cc1NCc1c(Cl)cccc1Cl. The van der Waals surface area contributed by atoms with Gasteiger partial charge < -0.3 is 9.73 Å². The summed E-state index contributed by atoms with van der Waals surface area (Å²) in [4.78, 5) is 11.9. The van der Waals surface area contributed by atoms with Crippen molar-refractivity contribution in [3.8, 4) is 0 Å². The van der Waals surface area contributed by atoms with E-state index < -0.39 is 5.63 Å². The molecule has 0 spiro atoms. The number of halogens is 2. The van der Waals surface area contributed by atoms with Crippen LogP contribution in [0.4, 0.5) is 5.69 Å². The minimum Gasteiger partial charge on any atom is -0.421 e. The normalized spacial score (nSPS) is 10.8. The fourth-order valence-corrected chi connectivity index (χ4v) is 2.60. The first-order valence-electron chi connectivity index (χ1n) is 6.35. The summed E-state index contributed by atoms with van der Waals surface area (Å²) >= 11 is 12.2. The van der Waals surface area contributed by atoms with Crippen molar-refractivity contribution in [1.82, 2.24) is 0 Å². The standard InChI is InChI=1S/C16H11Cl2NO2/c17-12-5-3-6-13(18)11(12)9-19-14-8-10-4-1-2-7-15(10)21-16(14)20/h1-8,19H,9H2. The van der Waals surface area contributed by atoms with Crippen molar-refractivity contribution in [3.63, 3.8) is 0 Å². The third-order valence-electron chi connectivity index (χ3n) is 3.16. The number of rotatable bonds is 3. The van der Waals surface area contributed by atoms with Gasteiger partial charge in [-0.25, -0.2) is 4.79 Å². The van der Waals surface area contributed by atoms with Crippen LogP contribution in [0.25, 0.3) is 11.0 Å². The summed E-state index contributed by atoms with van der Waals surface area (Å²) in [5.41, 5.74) is 1.26. The van der Waals surface area contributed by atoms with E-state index in [1.54, 1.807) is 30.3 Å². The van der Waals surface area contributed by atoms with Crippen LogP contribution < -0.4 is 10.9 Å². The lowest BCUT2D eigenvalue weighted by atomic mass is 10.2. The van der Waals surface area contributed by atoms with Gasteiger partial charge in [0.2, 0.25) is 0 Å². The first kappa shape index (κ1) is 14.0. The summed E-state index contributed by atoms with van der Waals surface area (Å²) in [6.45, 7) is 0.349. The summed E-state index contributed by atoms with van der Waals surface area (Å²) in [6.07, 6.45) is 0. The quantitative estimate of drug-likeness (QED) is 0.711. The fraction of sp³-hybridized carbons (Fsp3) is 0.0625. The van der Waals surface area contributed by atoms with Gasteiger partial charge in [0.05, 0.1) is 0 Å². The Labute approximate surface area is 131 Å². The van der Waals surface area contributed by atoms with E-state index in [0.717, 1.165) is 10.9 Å². The molecule has 3 aromatic rings. The summed E-state index contributed by atoms with van der Waals surface area (Å²) < 4.78 is 5.26. The molecule has 0 unspecified atom stereocenters. The Balaban J connectivity index is 1.92. The van der Waals surface area contributed by atoms with Gasteiger partial charge in [-0.2, -0.15) is 0 Å². The number of nitrogens with one attached hydrogen (secondary N) is 1. The van der Waals surface area contributed by atoms with Gasteiger partial charge in [0.25, 0.3) is 0 Å². The maximum Gasteiger partial charge on any atom is 0.359 e. The zero-order valence-corrected chi connectivity index (χ0v) is 12.4. The summed E-state index contributed by atoms with van der Waals surface area (Å²) in [5, 5.41) is 4.99. The lowest BCUT2D eigenvalue weighted by Gasteiger charge is -2.09. The fourth-order valence-electron chi connectivity index (χ4n) is 2.07. The van der Waals surface area contributed by atoms with E-state index in [2.05, 4.69) is 5.32 Å². The lowest BCUT2D eigenvalue weighted by molar-refractivity contribution is 0.563. The Morgan fingerprint density at radius 1 is 1.00 bits per heavy atom. The van der Waals surface area contributed by atoms with E-state index in [1.807, 2.05) is 18.2 Å². The lowest BCUT2D eigenvalue weighted by Crippen LogP contribution is -2.10. The van der Waals surface area contributed by atoms with Crippen molar-refractivity contribution in [2.45, 2.75) is 6.54 Å². The smallest absolute Gasteiger partial charge is 0.359 e. The molecule has 0 bridgehead atoms. The second-order valence-corrected chi connectivity index (χ2v) is 5.35. The van der Waals surface area contributed by atoms with Crippen LogP contribution in [-0.2, 0) is 6.54 Å². The van der Waals surface area contributed by atoms with Crippen LogP contribution in [0.5, 0.6) is 0 Å². The highest BCUT2D eigenvalue weighted by atomic mass is 35.5. The number of benzene rings is 2. The molecule has 0 amide bonds. The zero-order chi connectivity index (χ0) is 14.8. The van der Waals surface area contributed by atoms with E-state index in [4.69, 9.17) is 27.6 Å². The predicted molar refractivity (Wildman–Crippen MR) is 86.3 cm³/mol. The molecule has 0 saturated carbocycles. The first-order chi connectivity index (χ1) is 10.1. The molecule has 0 fully saturated rings. The molecule has 3 rings (SSSR count). The molecule has 0 aliphatic heterocycles. The monoisotopic (exact) mass is 319 g/mol. The molecule has 21 heavy (non-hydrogen) atoms. The zero-order valence-electron chi connectivity index (χ0n) is 10.9. The number of para-hydroxylation sites is 1. The van der Waals surface area contributed by atoms with Crippen molar-refractivity contribution < 1.29 is 4.42 Å². The van der Waals surface area contributed by atoms with Crippen molar-refractivity contribution in [1.29, 1.82) is 0 Å². The first-order valence-corrected chi connectivity index (χ1v) is 7.10. The van der Waals surface area contributed by atoms with Crippen molar-refractivity contribution in [3.05, 3.63) is 74.6 Å². The minimum atomic E-state index is -0.420. The highest BCUT2D eigenvalue weighted by Gasteiger charge is 2.08. The number of hydrogen-bond donors (Lipinski definition) is 1. The van der Waals surface area contributed by atoms with Crippen molar-refractivity contribution in [2.75, 3.05) is 5.32 Å². The van der Waals surface area contributed by atoms with Crippen LogP contribution in [0.2, 0.25) is 10.0 Å². The van der Waals surface area contributed by atoms with Crippen LogP contribution in [0.15, 0.2) is 57.7 Å². The Hall–Kier alpha value is -1.97. The molecular weight excluding hydrogens is 309 g/mol. The molecule has 0 aliphatic rings. The highest BCUT2D eigenvalue weighted by Crippen LogP contribution is 2.25. The molecule has 0 atom stereocenters. The molecule has 3 nitrogen and oxygen atoms in total. The van der Waals surface area contributed by atoms with Crippen LogP contribution in [0, 0.1) is 0 Å². The highest BCUT2D eigenvalue weighted by molar-refractivity contribution is 6.36. The molecule has 106 valence electrons. The second-order valence-electron chi connectivity index (χ2n) is 4.54. The predicted octanol–water partition coefficient (Wildman–Crippen LogP) is 4.71. The molecular formula is C16H11Cl2NO2. The van der Waals surface area contributed by atoms with E-state index in [-0.39, 0.29) is 0 Å². The maximum atomic E-state index is 11.9. The Morgan fingerprint density at radius 2 is 1.71 bits per heavy atom. The molecule has 2 aromatic carbocycles. The van der Waals surface area contributed by atoms with Gasteiger partial charge in [-0.3, -0.25) is 0 Å². The van der Waals surface area contributed by atoms with Crippen LogP contribution >= 0.6 is 23.2 Å². The van der Waals surface area contributed by atoms with E-state index >= 15 is 0 Å². The van der Waals surface area contributed by atoms with Gasteiger partial charge in [-0.1, -0.05) is 47.5 Å². The molecule has 0 aliphatic carbocycles. The van der Waals surface area contributed by atoms with Gasteiger partial charge in [-0.15, -0.1) is 0 Å². The summed E-state index contributed by atoms with van der Waals surface area (Å²) in [5.74, 6) is 0. The molecule has 0 radical (unpaired) electrons. The van der Waals surface area contributed by atoms with Gasteiger partial charge in [-0.05, 0) is 24.3 Å². The Kier molecular flexibility index (Phi) is 3.86. The average molecular weight is 320 g/mol.